The third kappa shape index (κ3) is 2.99. The van der Waals surface area contributed by atoms with Gasteiger partial charge in [-0.2, -0.15) is 0 Å². The molecule has 0 N–H and O–H groups in total. The van der Waals surface area contributed by atoms with Crippen LogP contribution >= 0.6 is 11.6 Å². The first-order chi connectivity index (χ1) is 10.1. The minimum Gasteiger partial charge on any atom is -0.298 e. The maximum atomic E-state index is 6.44. The molecule has 0 aliphatic carbocycles. The van der Waals surface area contributed by atoms with Crippen molar-refractivity contribution in [3.8, 4) is 0 Å². The summed E-state index contributed by atoms with van der Waals surface area (Å²) < 4.78 is 0. The molecular weight excluding hydrogens is 280 g/mol. The van der Waals surface area contributed by atoms with Crippen LogP contribution in [0.1, 0.15) is 45.2 Å². The zero-order valence-corrected chi connectivity index (χ0v) is 14.2. The molecule has 2 heterocycles. The molecular formula is C18H27ClN2. The summed E-state index contributed by atoms with van der Waals surface area (Å²) >= 11 is 6.44. The minimum absolute atomic E-state index is 0.397. The summed E-state index contributed by atoms with van der Waals surface area (Å²) in [5, 5.41) is 0.904. The maximum absolute atomic E-state index is 6.44. The van der Waals surface area contributed by atoms with Gasteiger partial charge in [-0.05, 0) is 43.9 Å². The van der Waals surface area contributed by atoms with Gasteiger partial charge in [0, 0.05) is 36.2 Å². The topological polar surface area (TPSA) is 6.48 Å². The lowest BCUT2D eigenvalue weighted by Crippen LogP contribution is -2.58. The maximum Gasteiger partial charge on any atom is 0.0453 e. The predicted molar refractivity (Wildman–Crippen MR) is 89.8 cm³/mol. The van der Waals surface area contributed by atoms with Crippen molar-refractivity contribution in [2.45, 2.75) is 51.7 Å². The van der Waals surface area contributed by atoms with E-state index in [0.29, 0.717) is 18.0 Å². The number of hydrogen-bond donors (Lipinski definition) is 0. The van der Waals surface area contributed by atoms with Crippen molar-refractivity contribution in [2.24, 2.45) is 5.92 Å². The van der Waals surface area contributed by atoms with Crippen LogP contribution in [0.3, 0.4) is 0 Å². The van der Waals surface area contributed by atoms with Crippen molar-refractivity contribution in [1.29, 1.82) is 0 Å². The third-order valence-corrected chi connectivity index (χ3v) is 5.73. The van der Waals surface area contributed by atoms with E-state index in [1.807, 2.05) is 12.1 Å². The molecule has 0 aromatic heterocycles. The van der Waals surface area contributed by atoms with Gasteiger partial charge in [0.1, 0.15) is 0 Å². The summed E-state index contributed by atoms with van der Waals surface area (Å²) in [5.41, 5.74) is 1.27. The van der Waals surface area contributed by atoms with E-state index in [1.165, 1.54) is 38.0 Å². The molecule has 2 saturated heterocycles. The van der Waals surface area contributed by atoms with Crippen LogP contribution in [0.5, 0.6) is 0 Å². The zero-order valence-electron chi connectivity index (χ0n) is 13.4. The summed E-state index contributed by atoms with van der Waals surface area (Å²) in [6.07, 6.45) is 2.72. The lowest BCUT2D eigenvalue weighted by molar-refractivity contribution is 0.00407. The molecule has 1 aromatic carbocycles. The van der Waals surface area contributed by atoms with Crippen molar-refractivity contribution in [1.82, 2.24) is 9.80 Å². The van der Waals surface area contributed by atoms with E-state index >= 15 is 0 Å². The Morgan fingerprint density at radius 2 is 1.90 bits per heavy atom. The van der Waals surface area contributed by atoms with Gasteiger partial charge in [0.2, 0.25) is 0 Å². The van der Waals surface area contributed by atoms with E-state index < -0.39 is 0 Å². The number of nitrogens with zero attached hydrogens (tertiary/aromatic N) is 2. The highest BCUT2D eigenvalue weighted by Gasteiger charge is 2.39. The Morgan fingerprint density at radius 3 is 2.62 bits per heavy atom. The van der Waals surface area contributed by atoms with Crippen molar-refractivity contribution in [3.05, 3.63) is 34.9 Å². The van der Waals surface area contributed by atoms with Crippen LogP contribution in [-0.2, 0) is 0 Å². The highest BCUT2D eigenvalue weighted by atomic mass is 35.5. The Balaban J connectivity index is 1.85. The van der Waals surface area contributed by atoms with Gasteiger partial charge >= 0.3 is 0 Å². The number of rotatable bonds is 3. The molecule has 3 rings (SSSR count). The molecule has 3 heteroatoms. The summed E-state index contributed by atoms with van der Waals surface area (Å²) in [6, 6.07) is 10.1. The quantitative estimate of drug-likeness (QED) is 0.825. The number of piperazine rings is 1. The van der Waals surface area contributed by atoms with Crippen LogP contribution in [0.4, 0.5) is 0 Å². The molecule has 0 saturated carbocycles. The molecule has 0 bridgehead atoms. The highest BCUT2D eigenvalue weighted by molar-refractivity contribution is 6.31. The smallest absolute Gasteiger partial charge is 0.0453 e. The zero-order chi connectivity index (χ0) is 15.0. The fourth-order valence-electron chi connectivity index (χ4n) is 4.10. The Morgan fingerprint density at radius 1 is 1.14 bits per heavy atom. The van der Waals surface area contributed by atoms with Gasteiger partial charge in [0.25, 0.3) is 0 Å². The summed E-state index contributed by atoms with van der Waals surface area (Å²) in [4.78, 5) is 5.42. The summed E-state index contributed by atoms with van der Waals surface area (Å²) in [7, 11) is 0. The normalized spacial score (nSPS) is 28.8. The van der Waals surface area contributed by atoms with Gasteiger partial charge in [-0.15, -0.1) is 0 Å². The predicted octanol–water partition coefficient (Wildman–Crippen LogP) is 4.21. The highest BCUT2D eigenvalue weighted by Crippen LogP contribution is 2.35. The van der Waals surface area contributed by atoms with Gasteiger partial charge in [0.15, 0.2) is 0 Å². The van der Waals surface area contributed by atoms with Crippen LogP contribution in [-0.4, -0.2) is 41.5 Å². The minimum atomic E-state index is 0.397. The van der Waals surface area contributed by atoms with E-state index in [2.05, 4.69) is 42.7 Å². The first-order valence-corrected chi connectivity index (χ1v) is 8.70. The van der Waals surface area contributed by atoms with Crippen molar-refractivity contribution in [3.63, 3.8) is 0 Å². The number of halogens is 1. The molecule has 2 nitrogen and oxygen atoms in total. The SMILES string of the molecule is CC(C)C1CN2CCCC2CN1C(C)c1ccccc1Cl. The molecule has 3 atom stereocenters. The lowest BCUT2D eigenvalue weighted by Gasteiger charge is -2.48. The van der Waals surface area contributed by atoms with Crippen molar-refractivity contribution < 1.29 is 0 Å². The molecule has 1 aromatic rings. The van der Waals surface area contributed by atoms with E-state index in [4.69, 9.17) is 11.6 Å². The van der Waals surface area contributed by atoms with Gasteiger partial charge in [0.05, 0.1) is 0 Å². The van der Waals surface area contributed by atoms with Gasteiger partial charge in [-0.1, -0.05) is 43.6 Å². The van der Waals surface area contributed by atoms with E-state index in [-0.39, 0.29) is 0 Å². The Labute approximate surface area is 134 Å². The Bertz CT molecular complexity index is 488. The fraction of sp³-hybridized carbons (Fsp3) is 0.667. The Kier molecular flexibility index (Phi) is 4.58. The molecule has 21 heavy (non-hydrogen) atoms. The molecule has 2 fully saturated rings. The number of benzene rings is 1. The average Bonchev–Trinajstić information content (AvgIpc) is 2.93. The second-order valence-corrected chi connectivity index (χ2v) is 7.40. The van der Waals surface area contributed by atoms with E-state index in [1.54, 1.807) is 0 Å². The average molecular weight is 307 g/mol. The summed E-state index contributed by atoms with van der Waals surface area (Å²) in [6.45, 7) is 10.7. The first-order valence-electron chi connectivity index (χ1n) is 8.32. The van der Waals surface area contributed by atoms with Gasteiger partial charge in [-0.25, -0.2) is 0 Å². The van der Waals surface area contributed by atoms with E-state index in [0.717, 1.165) is 11.1 Å². The fourth-order valence-corrected chi connectivity index (χ4v) is 4.39. The number of hydrogen-bond acceptors (Lipinski definition) is 2. The van der Waals surface area contributed by atoms with Crippen molar-refractivity contribution in [2.75, 3.05) is 19.6 Å². The van der Waals surface area contributed by atoms with Crippen LogP contribution < -0.4 is 0 Å². The molecule has 0 radical (unpaired) electrons. The van der Waals surface area contributed by atoms with Crippen LogP contribution in [0, 0.1) is 5.92 Å². The van der Waals surface area contributed by atoms with Crippen LogP contribution in [0.25, 0.3) is 0 Å². The van der Waals surface area contributed by atoms with Gasteiger partial charge in [-0.3, -0.25) is 9.80 Å². The van der Waals surface area contributed by atoms with Crippen LogP contribution in [0.15, 0.2) is 24.3 Å². The standard InChI is InChI=1S/C18H27ClN2/c1-13(2)18-12-20-10-6-7-15(20)11-21(18)14(3)16-8-4-5-9-17(16)19/h4-5,8-9,13-15,18H,6-7,10-12H2,1-3H3. The second-order valence-electron chi connectivity index (χ2n) is 7.00. The Hall–Kier alpha value is -0.570. The molecule has 116 valence electrons. The molecule has 2 aliphatic rings. The van der Waals surface area contributed by atoms with Crippen LogP contribution in [0.2, 0.25) is 5.02 Å². The molecule has 2 aliphatic heterocycles. The lowest BCUT2D eigenvalue weighted by atomic mass is 9.93. The van der Waals surface area contributed by atoms with E-state index in [9.17, 15) is 0 Å². The third-order valence-electron chi connectivity index (χ3n) is 5.39. The van der Waals surface area contributed by atoms with Crippen molar-refractivity contribution >= 4 is 11.6 Å². The summed E-state index contributed by atoms with van der Waals surface area (Å²) in [5.74, 6) is 0.677. The number of fused-ring (bicyclic) bond motifs is 1. The molecule has 0 spiro atoms. The first kappa shape index (κ1) is 15.3. The largest absolute Gasteiger partial charge is 0.298 e. The molecule has 3 unspecified atom stereocenters. The second kappa shape index (κ2) is 6.28. The molecule has 0 amide bonds. The monoisotopic (exact) mass is 306 g/mol. The van der Waals surface area contributed by atoms with Gasteiger partial charge < -0.3 is 0 Å².